The largest absolute Gasteiger partial charge is 0.493 e. The van der Waals surface area contributed by atoms with Crippen molar-refractivity contribution in [1.29, 1.82) is 0 Å². The first-order valence-electron chi connectivity index (χ1n) is 11.0. The van der Waals surface area contributed by atoms with E-state index in [-0.39, 0.29) is 0 Å². The van der Waals surface area contributed by atoms with E-state index in [0.29, 0.717) is 6.61 Å². The summed E-state index contributed by atoms with van der Waals surface area (Å²) in [6.07, 6.45) is 0.880. The summed E-state index contributed by atoms with van der Waals surface area (Å²) in [7, 11) is 0. The van der Waals surface area contributed by atoms with E-state index >= 15 is 0 Å². The summed E-state index contributed by atoms with van der Waals surface area (Å²) in [5, 5.41) is 3.51. The second-order valence-electron chi connectivity index (χ2n) is 8.19. The van der Waals surface area contributed by atoms with Crippen LogP contribution in [0.1, 0.15) is 12.0 Å². The fourth-order valence-corrected chi connectivity index (χ4v) is 4.62. The highest BCUT2D eigenvalue weighted by molar-refractivity contribution is 6.07. The number of benzene rings is 4. The Labute approximate surface area is 186 Å². The van der Waals surface area contributed by atoms with Crippen molar-refractivity contribution in [3.8, 4) is 5.75 Å². The normalized spacial score (nSPS) is 11.7. The van der Waals surface area contributed by atoms with Gasteiger partial charge in [0.1, 0.15) is 11.3 Å². The van der Waals surface area contributed by atoms with Crippen LogP contribution in [0.25, 0.3) is 43.9 Å². The molecule has 6 rings (SSSR count). The van der Waals surface area contributed by atoms with Gasteiger partial charge in [-0.05, 0) is 42.5 Å². The standard InChI is InChI=1S/C28H23N3O/c1-19-9-6-13-22-26-28(30-24-15-5-4-14-23(24)29-26)31(27(19)22)17-8-18-32-25-16-7-11-20-10-2-3-12-21(20)25/h2-7,9-16H,8,17-18H2,1H3. The SMILES string of the molecule is Cc1cccc2c3nc4ccccc4nc3n(CCCOc3cccc4ccccc34)c12. The Morgan fingerprint density at radius 2 is 1.47 bits per heavy atom. The van der Waals surface area contributed by atoms with Gasteiger partial charge in [-0.15, -0.1) is 0 Å². The molecule has 2 heterocycles. The molecule has 4 aromatic carbocycles. The first-order valence-corrected chi connectivity index (χ1v) is 11.0. The van der Waals surface area contributed by atoms with Crippen LogP contribution in [0.15, 0.2) is 84.9 Å². The van der Waals surface area contributed by atoms with Gasteiger partial charge in [-0.25, -0.2) is 9.97 Å². The van der Waals surface area contributed by atoms with Crippen molar-refractivity contribution in [1.82, 2.24) is 14.5 Å². The van der Waals surface area contributed by atoms with Crippen LogP contribution in [0.4, 0.5) is 0 Å². The molecule has 156 valence electrons. The molecule has 0 aliphatic carbocycles. The second-order valence-corrected chi connectivity index (χ2v) is 8.19. The average molecular weight is 418 g/mol. The summed E-state index contributed by atoms with van der Waals surface area (Å²) in [6.45, 7) is 3.62. The third kappa shape index (κ3) is 3.07. The third-order valence-corrected chi connectivity index (χ3v) is 6.10. The molecule has 0 spiro atoms. The van der Waals surface area contributed by atoms with Crippen LogP contribution < -0.4 is 4.74 Å². The number of para-hydroxylation sites is 3. The number of aromatic nitrogens is 3. The number of aryl methyl sites for hydroxylation is 2. The van der Waals surface area contributed by atoms with Crippen LogP contribution in [0.5, 0.6) is 5.75 Å². The molecular formula is C28H23N3O. The molecule has 2 aromatic heterocycles. The molecule has 0 amide bonds. The lowest BCUT2D eigenvalue weighted by molar-refractivity contribution is 0.306. The van der Waals surface area contributed by atoms with E-state index in [1.165, 1.54) is 16.5 Å². The lowest BCUT2D eigenvalue weighted by Gasteiger charge is -2.11. The summed E-state index contributed by atoms with van der Waals surface area (Å²) in [4.78, 5) is 9.96. The summed E-state index contributed by atoms with van der Waals surface area (Å²) in [5.41, 5.74) is 6.22. The van der Waals surface area contributed by atoms with Gasteiger partial charge in [-0.3, -0.25) is 0 Å². The Kier molecular flexibility index (Phi) is 4.50. The molecule has 6 aromatic rings. The maximum absolute atomic E-state index is 6.19. The van der Waals surface area contributed by atoms with Crippen molar-refractivity contribution in [2.45, 2.75) is 19.9 Å². The molecule has 0 atom stereocenters. The number of ether oxygens (including phenoxy) is 1. The van der Waals surface area contributed by atoms with E-state index in [1.807, 2.05) is 30.3 Å². The van der Waals surface area contributed by atoms with Gasteiger partial charge in [-0.1, -0.05) is 66.7 Å². The topological polar surface area (TPSA) is 39.9 Å². The molecule has 0 saturated carbocycles. The Morgan fingerprint density at radius 1 is 0.750 bits per heavy atom. The first-order chi connectivity index (χ1) is 15.8. The highest BCUT2D eigenvalue weighted by Crippen LogP contribution is 2.31. The molecule has 4 heteroatoms. The van der Waals surface area contributed by atoms with Crippen LogP contribution in [0.3, 0.4) is 0 Å². The molecule has 0 saturated heterocycles. The van der Waals surface area contributed by atoms with Crippen LogP contribution in [0, 0.1) is 6.92 Å². The predicted octanol–water partition coefficient (Wildman–Crippen LogP) is 6.67. The lowest BCUT2D eigenvalue weighted by Crippen LogP contribution is -2.06. The number of nitrogens with zero attached hydrogens (tertiary/aromatic N) is 3. The van der Waals surface area contributed by atoms with Crippen molar-refractivity contribution in [3.63, 3.8) is 0 Å². The minimum atomic E-state index is 0.641. The zero-order valence-corrected chi connectivity index (χ0v) is 18.0. The average Bonchev–Trinajstić information content (AvgIpc) is 3.14. The molecule has 4 nitrogen and oxygen atoms in total. The van der Waals surface area contributed by atoms with E-state index in [1.54, 1.807) is 0 Å². The predicted molar refractivity (Wildman–Crippen MR) is 131 cm³/mol. The number of rotatable bonds is 5. The molecule has 0 unspecified atom stereocenters. The Morgan fingerprint density at radius 3 is 2.38 bits per heavy atom. The highest BCUT2D eigenvalue weighted by atomic mass is 16.5. The van der Waals surface area contributed by atoms with Gasteiger partial charge in [-0.2, -0.15) is 0 Å². The summed E-state index contributed by atoms with van der Waals surface area (Å²) in [6, 6.07) is 29.0. The molecule has 32 heavy (non-hydrogen) atoms. The van der Waals surface area contributed by atoms with E-state index in [9.17, 15) is 0 Å². The fraction of sp³-hybridized carbons (Fsp3) is 0.143. The molecule has 0 radical (unpaired) electrons. The van der Waals surface area contributed by atoms with E-state index in [0.717, 1.165) is 51.7 Å². The van der Waals surface area contributed by atoms with Crippen molar-refractivity contribution >= 4 is 43.9 Å². The van der Waals surface area contributed by atoms with E-state index < -0.39 is 0 Å². The third-order valence-electron chi connectivity index (χ3n) is 6.10. The first kappa shape index (κ1) is 18.8. The molecule has 0 fully saturated rings. The molecule has 0 aliphatic heterocycles. The second kappa shape index (κ2) is 7.65. The Bertz CT molecular complexity index is 1590. The Hall–Kier alpha value is -3.92. The smallest absolute Gasteiger partial charge is 0.160 e. The van der Waals surface area contributed by atoms with Crippen LogP contribution in [-0.4, -0.2) is 21.1 Å². The zero-order valence-electron chi connectivity index (χ0n) is 18.0. The van der Waals surface area contributed by atoms with E-state index in [4.69, 9.17) is 14.7 Å². The minimum absolute atomic E-state index is 0.641. The van der Waals surface area contributed by atoms with Crippen molar-refractivity contribution < 1.29 is 4.74 Å². The number of fused-ring (bicyclic) bond motifs is 5. The minimum Gasteiger partial charge on any atom is -0.493 e. The quantitative estimate of drug-likeness (QED) is 0.294. The van der Waals surface area contributed by atoms with Gasteiger partial charge in [0.25, 0.3) is 0 Å². The summed E-state index contributed by atoms with van der Waals surface area (Å²) < 4.78 is 8.50. The van der Waals surface area contributed by atoms with Gasteiger partial charge in [0.05, 0.1) is 23.2 Å². The number of hydrogen-bond donors (Lipinski definition) is 0. The molecular weight excluding hydrogens is 394 g/mol. The maximum atomic E-state index is 6.19. The van der Waals surface area contributed by atoms with E-state index in [2.05, 4.69) is 66.1 Å². The van der Waals surface area contributed by atoms with Gasteiger partial charge >= 0.3 is 0 Å². The van der Waals surface area contributed by atoms with Crippen LogP contribution in [-0.2, 0) is 6.54 Å². The molecule has 0 aliphatic rings. The van der Waals surface area contributed by atoms with Crippen molar-refractivity contribution in [3.05, 3.63) is 90.5 Å². The van der Waals surface area contributed by atoms with Gasteiger partial charge in [0.15, 0.2) is 5.65 Å². The van der Waals surface area contributed by atoms with Crippen LogP contribution in [0.2, 0.25) is 0 Å². The molecule has 0 bridgehead atoms. The number of hydrogen-bond acceptors (Lipinski definition) is 3. The summed E-state index contributed by atoms with van der Waals surface area (Å²) >= 11 is 0. The zero-order chi connectivity index (χ0) is 21.5. The fourth-order valence-electron chi connectivity index (χ4n) is 4.62. The van der Waals surface area contributed by atoms with Crippen molar-refractivity contribution in [2.75, 3.05) is 6.61 Å². The van der Waals surface area contributed by atoms with Crippen LogP contribution >= 0.6 is 0 Å². The van der Waals surface area contributed by atoms with Gasteiger partial charge in [0.2, 0.25) is 0 Å². The lowest BCUT2D eigenvalue weighted by atomic mass is 10.1. The maximum Gasteiger partial charge on any atom is 0.160 e. The Balaban J connectivity index is 1.34. The van der Waals surface area contributed by atoms with Gasteiger partial charge in [0, 0.05) is 17.3 Å². The highest BCUT2D eigenvalue weighted by Gasteiger charge is 2.15. The molecule has 0 N–H and O–H groups in total. The monoisotopic (exact) mass is 417 g/mol. The van der Waals surface area contributed by atoms with Gasteiger partial charge < -0.3 is 9.30 Å². The summed E-state index contributed by atoms with van der Waals surface area (Å²) in [5.74, 6) is 0.937. The van der Waals surface area contributed by atoms with Crippen molar-refractivity contribution in [2.24, 2.45) is 0 Å².